The maximum absolute atomic E-state index is 4.92. The van der Waals surface area contributed by atoms with Crippen LogP contribution in [0.3, 0.4) is 0 Å². The summed E-state index contributed by atoms with van der Waals surface area (Å²) >= 11 is 0. The molecule has 66 valence electrons. The molecule has 0 unspecified atom stereocenters. The number of oxazole rings is 1. The van der Waals surface area contributed by atoms with Crippen molar-refractivity contribution in [1.82, 2.24) is 4.98 Å². The molecule has 1 aromatic heterocycles. The Bertz CT molecular complexity index is 147. The van der Waals surface area contributed by atoms with E-state index in [2.05, 4.69) is 11.2 Å². The molecule has 0 radical (unpaired) electrons. The van der Waals surface area contributed by atoms with Gasteiger partial charge in [0.15, 0.2) is 0 Å². The molecule has 0 aromatic carbocycles. The van der Waals surface area contributed by atoms with Gasteiger partial charge in [-0.15, -0.1) is 6.20 Å². The number of aromatic nitrogens is 1. The Morgan fingerprint density at radius 1 is 1.08 bits per heavy atom. The molecule has 0 amide bonds. The maximum Gasteiger partial charge on any atom is 1.00 e. The van der Waals surface area contributed by atoms with E-state index in [-0.39, 0.29) is 58.2 Å². The minimum Gasteiger partial charge on any atom is -0.551 e. The summed E-state index contributed by atoms with van der Waals surface area (Å²) in [6.45, 7) is 11.6. The van der Waals surface area contributed by atoms with E-state index in [1.54, 1.807) is 6.92 Å². The van der Waals surface area contributed by atoms with Crippen molar-refractivity contribution in [2.75, 3.05) is 0 Å². The summed E-state index contributed by atoms with van der Waals surface area (Å²) in [5.74, 6) is 1.43. The third kappa shape index (κ3) is 11.0. The van der Waals surface area contributed by atoms with Gasteiger partial charge in [-0.1, -0.05) is 34.6 Å². The van der Waals surface area contributed by atoms with Gasteiger partial charge >= 0.3 is 58.2 Å². The van der Waals surface area contributed by atoms with Crippen molar-refractivity contribution < 1.29 is 62.6 Å². The zero-order valence-corrected chi connectivity index (χ0v) is 14.3. The van der Waals surface area contributed by atoms with E-state index in [1.165, 1.54) is 0 Å². The van der Waals surface area contributed by atoms with E-state index in [0.29, 0.717) is 5.89 Å². The number of hydrogen-bond donors (Lipinski definition) is 0. The number of hydrogen-bond acceptors (Lipinski definition) is 2. The SMILES string of the molecule is CC.CC.Cc1[c-]nc(C)o1.[Rb+]. The average Bonchev–Trinajstić information content (AvgIpc) is 2.43. The molecular weight excluding hydrogens is 224 g/mol. The molecule has 0 saturated heterocycles. The zero-order valence-electron chi connectivity index (χ0n) is 9.36. The molecular formula is C9H18NORb. The summed E-state index contributed by atoms with van der Waals surface area (Å²) in [5.41, 5.74) is 0. The van der Waals surface area contributed by atoms with Crippen LogP contribution in [0.15, 0.2) is 4.42 Å². The molecule has 12 heavy (non-hydrogen) atoms. The molecule has 1 heterocycles. The molecule has 0 N–H and O–H groups in total. The smallest absolute Gasteiger partial charge is 0.551 e. The second-order valence-electron chi connectivity index (χ2n) is 1.40. The first-order chi connectivity index (χ1) is 5.29. The third-order valence-corrected chi connectivity index (χ3v) is 0.672. The van der Waals surface area contributed by atoms with Crippen LogP contribution in [0.1, 0.15) is 39.3 Å². The second kappa shape index (κ2) is 14.5. The Hall–Kier alpha value is 1.02. The van der Waals surface area contributed by atoms with E-state index in [1.807, 2.05) is 34.6 Å². The predicted octanol–water partition coefficient (Wildman–Crippen LogP) is 0.148. The molecule has 0 atom stereocenters. The fraction of sp³-hybridized carbons (Fsp3) is 0.667. The topological polar surface area (TPSA) is 26.0 Å². The summed E-state index contributed by atoms with van der Waals surface area (Å²) < 4.78 is 4.92. The number of rotatable bonds is 0. The van der Waals surface area contributed by atoms with Crippen LogP contribution in [0.5, 0.6) is 0 Å². The largest absolute Gasteiger partial charge is 1.00 e. The predicted molar refractivity (Wildman–Crippen MR) is 47.5 cm³/mol. The molecule has 0 aliphatic rings. The van der Waals surface area contributed by atoms with Crippen LogP contribution in [0.2, 0.25) is 0 Å². The average molecular weight is 242 g/mol. The molecule has 0 aliphatic carbocycles. The summed E-state index contributed by atoms with van der Waals surface area (Å²) in [5, 5.41) is 0. The molecule has 2 nitrogen and oxygen atoms in total. The molecule has 1 rings (SSSR count). The van der Waals surface area contributed by atoms with E-state index >= 15 is 0 Å². The van der Waals surface area contributed by atoms with E-state index in [4.69, 9.17) is 4.42 Å². The van der Waals surface area contributed by atoms with Gasteiger partial charge in [-0.05, 0) is 6.92 Å². The van der Waals surface area contributed by atoms with Gasteiger partial charge in [-0.3, -0.25) is 0 Å². The van der Waals surface area contributed by atoms with Gasteiger partial charge in [0.05, 0.1) is 0 Å². The molecule has 0 aliphatic heterocycles. The van der Waals surface area contributed by atoms with Crippen molar-refractivity contribution in [3.05, 3.63) is 17.8 Å². The molecule has 0 bridgehead atoms. The van der Waals surface area contributed by atoms with Crippen LogP contribution in [0.4, 0.5) is 0 Å². The van der Waals surface area contributed by atoms with Crippen LogP contribution in [-0.4, -0.2) is 4.98 Å². The second-order valence-corrected chi connectivity index (χ2v) is 1.40. The standard InChI is InChI=1S/C5H6NO.2C2H6.Rb/c1-4-3-6-5(2)7-4;2*1-2;/h1-2H3;2*1-2H3;/q-1;;;+1. The first kappa shape index (κ1) is 18.7. The molecule has 1 aromatic rings. The number of aryl methyl sites for hydroxylation is 2. The summed E-state index contributed by atoms with van der Waals surface area (Å²) in [6, 6.07) is 0. The van der Waals surface area contributed by atoms with Gasteiger partial charge in [0.25, 0.3) is 0 Å². The van der Waals surface area contributed by atoms with Crippen LogP contribution in [-0.2, 0) is 0 Å². The van der Waals surface area contributed by atoms with Crippen molar-refractivity contribution in [2.45, 2.75) is 41.5 Å². The monoisotopic (exact) mass is 241 g/mol. The summed E-state index contributed by atoms with van der Waals surface area (Å²) in [7, 11) is 0. The molecule has 3 heteroatoms. The summed E-state index contributed by atoms with van der Waals surface area (Å²) in [4.78, 5) is 3.72. The molecule has 0 spiro atoms. The van der Waals surface area contributed by atoms with E-state index in [0.717, 1.165) is 5.76 Å². The fourth-order valence-corrected chi connectivity index (χ4v) is 0.425. The van der Waals surface area contributed by atoms with Crippen molar-refractivity contribution >= 4 is 0 Å². The van der Waals surface area contributed by atoms with Crippen LogP contribution >= 0.6 is 0 Å². The first-order valence-corrected chi connectivity index (χ1v) is 4.11. The number of nitrogens with zero attached hydrogens (tertiary/aromatic N) is 1. The Kier molecular flexibility index (Phi) is 22.7. The maximum atomic E-state index is 4.92. The fourth-order valence-electron chi connectivity index (χ4n) is 0.425. The van der Waals surface area contributed by atoms with Gasteiger partial charge < -0.3 is 9.40 Å². The van der Waals surface area contributed by atoms with Gasteiger partial charge in [0.1, 0.15) is 0 Å². The van der Waals surface area contributed by atoms with Gasteiger partial charge in [-0.2, -0.15) is 0 Å². The summed E-state index contributed by atoms with van der Waals surface area (Å²) in [6.07, 6.45) is 2.65. The minimum atomic E-state index is 0. The van der Waals surface area contributed by atoms with E-state index < -0.39 is 0 Å². The third-order valence-electron chi connectivity index (χ3n) is 0.672. The van der Waals surface area contributed by atoms with Crippen LogP contribution in [0.25, 0.3) is 0 Å². The van der Waals surface area contributed by atoms with E-state index in [9.17, 15) is 0 Å². The molecule has 0 saturated carbocycles. The Morgan fingerprint density at radius 2 is 1.50 bits per heavy atom. The van der Waals surface area contributed by atoms with Crippen molar-refractivity contribution in [3.8, 4) is 0 Å². The van der Waals surface area contributed by atoms with Gasteiger partial charge in [-0.25, -0.2) is 0 Å². The quantitative estimate of drug-likeness (QED) is 0.605. The van der Waals surface area contributed by atoms with Crippen molar-refractivity contribution in [2.24, 2.45) is 0 Å². The molecule has 0 fully saturated rings. The Morgan fingerprint density at radius 3 is 1.58 bits per heavy atom. The minimum absolute atomic E-state index is 0. The first-order valence-electron chi connectivity index (χ1n) is 4.11. The Labute approximate surface area is 125 Å². The van der Waals surface area contributed by atoms with Crippen LogP contribution in [0, 0.1) is 20.0 Å². The van der Waals surface area contributed by atoms with Gasteiger partial charge in [0, 0.05) is 11.7 Å². The van der Waals surface area contributed by atoms with Crippen LogP contribution < -0.4 is 58.2 Å². The zero-order chi connectivity index (χ0) is 9.28. The normalized spacial score (nSPS) is 6.50. The Balaban J connectivity index is -0.000000144. The van der Waals surface area contributed by atoms with Crippen molar-refractivity contribution in [3.63, 3.8) is 0 Å². The van der Waals surface area contributed by atoms with Gasteiger partial charge in [0.2, 0.25) is 0 Å². The van der Waals surface area contributed by atoms with Crippen molar-refractivity contribution in [1.29, 1.82) is 0 Å².